The van der Waals surface area contributed by atoms with Crippen molar-refractivity contribution in [1.29, 1.82) is 0 Å². The first-order valence-electron chi connectivity index (χ1n) is 9.27. The van der Waals surface area contributed by atoms with Crippen molar-refractivity contribution in [2.24, 2.45) is 0 Å². The number of anilines is 2. The lowest BCUT2D eigenvalue weighted by molar-refractivity contribution is 0.460. The Balaban J connectivity index is 0.000000665. The summed E-state index contributed by atoms with van der Waals surface area (Å²) < 4.78 is 11.6. The molecule has 0 heterocycles. The molecule has 27 heavy (non-hydrogen) atoms. The summed E-state index contributed by atoms with van der Waals surface area (Å²) >= 11 is 0. The van der Waals surface area contributed by atoms with Gasteiger partial charge in [0.2, 0.25) is 0 Å². The Kier molecular flexibility index (Phi) is 9.94. The van der Waals surface area contributed by atoms with Crippen LogP contribution in [-0.4, -0.2) is 0 Å². The van der Waals surface area contributed by atoms with E-state index in [1.165, 1.54) is 6.42 Å². The van der Waals surface area contributed by atoms with E-state index in [4.69, 9.17) is 20.9 Å². The standard InChI is InChI=1S/C18H16N2O2.C3H8.C2H6/c19-13-4-8-15(9-5-13)21-17-2-1-3-18(12-17)22-16-10-6-14(20)7-11-16;1-3-2;1-2/h1-12H,19-20H2;3H2,1-2H3;1-2H3. The Labute approximate surface area is 162 Å². The third kappa shape index (κ3) is 8.19. The molecular formula is C23H30N2O2. The summed E-state index contributed by atoms with van der Waals surface area (Å²) in [6.45, 7) is 8.25. The van der Waals surface area contributed by atoms with Crippen LogP contribution in [0.3, 0.4) is 0 Å². The van der Waals surface area contributed by atoms with Gasteiger partial charge in [0.15, 0.2) is 0 Å². The van der Waals surface area contributed by atoms with Gasteiger partial charge in [0.05, 0.1) is 0 Å². The zero-order valence-corrected chi connectivity index (χ0v) is 16.6. The van der Waals surface area contributed by atoms with Crippen LogP contribution in [0.2, 0.25) is 0 Å². The van der Waals surface area contributed by atoms with Crippen LogP contribution in [0, 0.1) is 0 Å². The first-order chi connectivity index (χ1) is 13.1. The van der Waals surface area contributed by atoms with E-state index in [2.05, 4.69) is 13.8 Å². The number of benzene rings is 3. The Morgan fingerprint density at radius 3 is 1.26 bits per heavy atom. The topological polar surface area (TPSA) is 70.5 Å². The molecule has 144 valence electrons. The smallest absolute Gasteiger partial charge is 0.131 e. The zero-order chi connectivity index (χ0) is 20.1. The summed E-state index contributed by atoms with van der Waals surface area (Å²) in [4.78, 5) is 0. The average Bonchev–Trinajstić information content (AvgIpc) is 2.68. The SMILES string of the molecule is CC.CCC.Nc1ccc(Oc2cccc(Oc3ccc(N)cc3)c2)cc1. The van der Waals surface area contributed by atoms with E-state index in [1.807, 2.05) is 62.4 Å². The van der Waals surface area contributed by atoms with E-state index in [-0.39, 0.29) is 0 Å². The quantitative estimate of drug-likeness (QED) is 0.494. The predicted molar refractivity (Wildman–Crippen MR) is 116 cm³/mol. The lowest BCUT2D eigenvalue weighted by atomic mass is 10.3. The minimum absolute atomic E-state index is 0.692. The molecule has 0 bridgehead atoms. The summed E-state index contributed by atoms with van der Waals surface area (Å²) in [6.07, 6.45) is 1.25. The predicted octanol–water partition coefficient (Wildman–Crippen LogP) is 6.88. The van der Waals surface area contributed by atoms with Crippen molar-refractivity contribution in [3.63, 3.8) is 0 Å². The van der Waals surface area contributed by atoms with Crippen molar-refractivity contribution < 1.29 is 9.47 Å². The summed E-state index contributed by atoms with van der Waals surface area (Å²) in [5, 5.41) is 0. The van der Waals surface area contributed by atoms with Crippen LogP contribution in [-0.2, 0) is 0 Å². The van der Waals surface area contributed by atoms with Crippen LogP contribution in [0.4, 0.5) is 11.4 Å². The maximum Gasteiger partial charge on any atom is 0.131 e. The van der Waals surface area contributed by atoms with Crippen LogP contribution in [0.5, 0.6) is 23.0 Å². The second-order valence-corrected chi connectivity index (χ2v) is 5.52. The molecule has 3 rings (SSSR count). The second-order valence-electron chi connectivity index (χ2n) is 5.52. The lowest BCUT2D eigenvalue weighted by Crippen LogP contribution is -1.89. The lowest BCUT2D eigenvalue weighted by Gasteiger charge is -2.09. The number of rotatable bonds is 4. The molecule has 0 unspecified atom stereocenters. The summed E-state index contributed by atoms with van der Waals surface area (Å²) in [5.41, 5.74) is 12.7. The highest BCUT2D eigenvalue weighted by Gasteiger charge is 2.02. The molecular weight excluding hydrogens is 336 g/mol. The summed E-state index contributed by atoms with van der Waals surface area (Å²) in [7, 11) is 0. The molecule has 0 saturated heterocycles. The Morgan fingerprint density at radius 1 is 0.593 bits per heavy atom. The van der Waals surface area contributed by atoms with Gasteiger partial charge >= 0.3 is 0 Å². The molecule has 0 saturated carbocycles. The molecule has 0 aromatic heterocycles. The molecule has 0 aliphatic carbocycles. The van der Waals surface area contributed by atoms with Crippen molar-refractivity contribution >= 4 is 11.4 Å². The number of hydrogen-bond acceptors (Lipinski definition) is 4. The van der Waals surface area contributed by atoms with Crippen molar-refractivity contribution in [2.45, 2.75) is 34.1 Å². The number of nitrogen functional groups attached to an aromatic ring is 2. The fourth-order valence-corrected chi connectivity index (χ4v) is 1.95. The van der Waals surface area contributed by atoms with Crippen molar-refractivity contribution in [2.75, 3.05) is 11.5 Å². The minimum atomic E-state index is 0.692. The van der Waals surface area contributed by atoms with Gasteiger partial charge in [0.25, 0.3) is 0 Å². The highest BCUT2D eigenvalue weighted by molar-refractivity contribution is 5.45. The molecule has 3 aromatic rings. The van der Waals surface area contributed by atoms with Crippen molar-refractivity contribution in [3.05, 3.63) is 72.8 Å². The first-order valence-corrected chi connectivity index (χ1v) is 9.27. The Morgan fingerprint density at radius 2 is 0.926 bits per heavy atom. The van der Waals surface area contributed by atoms with E-state index in [0.29, 0.717) is 22.9 Å². The Bertz CT molecular complexity index is 706. The maximum atomic E-state index is 5.78. The van der Waals surface area contributed by atoms with Gasteiger partial charge in [0, 0.05) is 17.4 Å². The molecule has 4 N–H and O–H groups in total. The molecule has 0 aliphatic heterocycles. The van der Waals surface area contributed by atoms with Crippen LogP contribution < -0.4 is 20.9 Å². The summed E-state index contributed by atoms with van der Waals surface area (Å²) in [6, 6.07) is 21.9. The van der Waals surface area contributed by atoms with E-state index >= 15 is 0 Å². The average molecular weight is 367 g/mol. The first kappa shape index (κ1) is 21.9. The molecule has 4 nitrogen and oxygen atoms in total. The van der Waals surface area contributed by atoms with Crippen LogP contribution >= 0.6 is 0 Å². The largest absolute Gasteiger partial charge is 0.457 e. The summed E-state index contributed by atoms with van der Waals surface area (Å²) in [5.74, 6) is 2.83. The highest BCUT2D eigenvalue weighted by Crippen LogP contribution is 2.28. The van der Waals surface area contributed by atoms with Crippen molar-refractivity contribution in [1.82, 2.24) is 0 Å². The molecule has 4 heteroatoms. The molecule has 0 aliphatic rings. The number of hydrogen-bond donors (Lipinski definition) is 2. The van der Waals surface area contributed by atoms with Crippen LogP contribution in [0.1, 0.15) is 34.1 Å². The van der Waals surface area contributed by atoms with Gasteiger partial charge in [-0.15, -0.1) is 0 Å². The molecule has 3 aromatic carbocycles. The fourth-order valence-electron chi connectivity index (χ4n) is 1.95. The number of nitrogens with two attached hydrogens (primary N) is 2. The number of ether oxygens (including phenoxy) is 2. The third-order valence-electron chi connectivity index (χ3n) is 3.04. The van der Waals surface area contributed by atoms with Gasteiger partial charge in [-0.2, -0.15) is 0 Å². The zero-order valence-electron chi connectivity index (χ0n) is 16.6. The maximum absolute atomic E-state index is 5.78. The molecule has 0 spiro atoms. The minimum Gasteiger partial charge on any atom is -0.457 e. The van der Waals surface area contributed by atoms with Gasteiger partial charge in [-0.3, -0.25) is 0 Å². The third-order valence-corrected chi connectivity index (χ3v) is 3.04. The van der Waals surface area contributed by atoms with Gasteiger partial charge in [-0.1, -0.05) is 40.2 Å². The van der Waals surface area contributed by atoms with E-state index < -0.39 is 0 Å². The molecule has 0 amide bonds. The molecule has 0 radical (unpaired) electrons. The van der Waals surface area contributed by atoms with Crippen LogP contribution in [0.15, 0.2) is 72.8 Å². The van der Waals surface area contributed by atoms with E-state index in [0.717, 1.165) is 11.5 Å². The molecule has 0 atom stereocenters. The van der Waals surface area contributed by atoms with Crippen molar-refractivity contribution in [3.8, 4) is 23.0 Å². The highest BCUT2D eigenvalue weighted by atomic mass is 16.5. The monoisotopic (exact) mass is 366 g/mol. The molecule has 0 fully saturated rings. The van der Waals surface area contributed by atoms with Crippen LogP contribution in [0.25, 0.3) is 0 Å². The van der Waals surface area contributed by atoms with Gasteiger partial charge < -0.3 is 20.9 Å². The van der Waals surface area contributed by atoms with E-state index in [1.54, 1.807) is 24.3 Å². The van der Waals surface area contributed by atoms with Gasteiger partial charge in [-0.25, -0.2) is 0 Å². The fraction of sp³-hybridized carbons (Fsp3) is 0.217. The van der Waals surface area contributed by atoms with Gasteiger partial charge in [-0.05, 0) is 60.7 Å². The van der Waals surface area contributed by atoms with Gasteiger partial charge in [0.1, 0.15) is 23.0 Å². The Hall–Kier alpha value is -3.14. The normalized spacial score (nSPS) is 9.19. The van der Waals surface area contributed by atoms with E-state index in [9.17, 15) is 0 Å². The second kappa shape index (κ2) is 12.3.